The number of anilines is 2. The molecule has 4 rings (SSSR count). The van der Waals surface area contributed by atoms with Gasteiger partial charge in [-0.1, -0.05) is 48.5 Å². The number of benzene rings is 3. The molecule has 1 heterocycles. The van der Waals surface area contributed by atoms with Crippen molar-refractivity contribution in [3.63, 3.8) is 0 Å². The van der Waals surface area contributed by atoms with Crippen LogP contribution in [0.15, 0.2) is 72.8 Å². The number of nitrogens with one attached hydrogen (secondary N) is 1. The molecule has 2 heteroatoms. The molecule has 0 amide bonds. The van der Waals surface area contributed by atoms with Gasteiger partial charge in [-0.15, -0.1) is 0 Å². The highest BCUT2D eigenvalue weighted by Gasteiger charge is 2.15. The van der Waals surface area contributed by atoms with Gasteiger partial charge in [-0.2, -0.15) is 0 Å². The largest absolute Gasteiger partial charge is 0.453 e. The number of rotatable bonds is 2. The molecule has 2 nitrogen and oxygen atoms in total. The maximum absolute atomic E-state index is 5.99. The van der Waals surface area contributed by atoms with E-state index in [-0.39, 0.29) is 0 Å². The van der Waals surface area contributed by atoms with Crippen LogP contribution in [0.1, 0.15) is 11.1 Å². The molecular weight excluding hydrogens is 258 g/mol. The zero-order valence-corrected chi connectivity index (χ0v) is 11.5. The Morgan fingerprint density at radius 1 is 0.667 bits per heavy atom. The van der Waals surface area contributed by atoms with E-state index in [2.05, 4.69) is 47.8 Å². The molecule has 0 bridgehead atoms. The average molecular weight is 273 g/mol. The summed E-state index contributed by atoms with van der Waals surface area (Å²) in [5.41, 5.74) is 4.59. The van der Waals surface area contributed by atoms with E-state index in [4.69, 9.17) is 4.74 Å². The lowest BCUT2D eigenvalue weighted by molar-refractivity contribution is 0.480. The molecule has 0 fully saturated rings. The first kappa shape index (κ1) is 12.0. The minimum Gasteiger partial charge on any atom is -0.453 e. The lowest BCUT2D eigenvalue weighted by Gasteiger charge is -2.22. The molecule has 1 N–H and O–H groups in total. The molecule has 102 valence electrons. The van der Waals surface area contributed by atoms with Crippen LogP contribution >= 0.6 is 0 Å². The van der Waals surface area contributed by atoms with Gasteiger partial charge in [0.1, 0.15) is 0 Å². The summed E-state index contributed by atoms with van der Waals surface area (Å²) in [5, 5.41) is 3.41. The minimum atomic E-state index is 0.877. The average Bonchev–Trinajstić information content (AvgIpc) is 2.54. The van der Waals surface area contributed by atoms with E-state index in [1.807, 2.05) is 30.3 Å². The first-order valence-electron chi connectivity index (χ1n) is 7.09. The molecule has 0 saturated carbocycles. The van der Waals surface area contributed by atoms with Crippen molar-refractivity contribution in [3.8, 4) is 11.5 Å². The highest BCUT2D eigenvalue weighted by Crippen LogP contribution is 2.42. The summed E-state index contributed by atoms with van der Waals surface area (Å²) in [4.78, 5) is 0. The number of para-hydroxylation sites is 2. The normalized spacial score (nSPS) is 11.8. The Kier molecular flexibility index (Phi) is 2.86. The van der Waals surface area contributed by atoms with Crippen molar-refractivity contribution in [2.24, 2.45) is 0 Å². The van der Waals surface area contributed by atoms with Crippen molar-refractivity contribution in [1.82, 2.24) is 0 Å². The summed E-state index contributed by atoms with van der Waals surface area (Å²) >= 11 is 0. The number of hydrogen-bond acceptors (Lipinski definition) is 2. The Morgan fingerprint density at radius 3 is 2.33 bits per heavy atom. The van der Waals surface area contributed by atoms with Crippen molar-refractivity contribution in [3.05, 3.63) is 83.9 Å². The van der Waals surface area contributed by atoms with Gasteiger partial charge in [0.25, 0.3) is 0 Å². The van der Waals surface area contributed by atoms with Crippen LogP contribution in [0.5, 0.6) is 11.5 Å². The third-order valence-electron chi connectivity index (χ3n) is 3.67. The van der Waals surface area contributed by atoms with Gasteiger partial charge in [0.2, 0.25) is 0 Å². The predicted octanol–water partition coefficient (Wildman–Crippen LogP) is 5.13. The SMILES string of the molecule is c1ccc(Cc2ccc3c(c2)Oc2ccccc2N3)cc1. The van der Waals surface area contributed by atoms with E-state index < -0.39 is 0 Å². The van der Waals surface area contributed by atoms with Crippen LogP contribution in [0.3, 0.4) is 0 Å². The Balaban J connectivity index is 1.64. The topological polar surface area (TPSA) is 21.3 Å². The van der Waals surface area contributed by atoms with Crippen LogP contribution in [0, 0.1) is 0 Å². The maximum atomic E-state index is 5.99. The van der Waals surface area contributed by atoms with E-state index in [1.54, 1.807) is 0 Å². The van der Waals surface area contributed by atoms with Crippen LogP contribution < -0.4 is 10.1 Å². The summed E-state index contributed by atoms with van der Waals surface area (Å²) in [7, 11) is 0. The monoisotopic (exact) mass is 273 g/mol. The molecule has 0 saturated heterocycles. The second-order valence-electron chi connectivity index (χ2n) is 5.22. The third-order valence-corrected chi connectivity index (χ3v) is 3.67. The maximum Gasteiger partial charge on any atom is 0.151 e. The van der Waals surface area contributed by atoms with Crippen molar-refractivity contribution >= 4 is 11.4 Å². The smallest absolute Gasteiger partial charge is 0.151 e. The molecule has 0 radical (unpaired) electrons. The quantitative estimate of drug-likeness (QED) is 0.547. The molecule has 0 unspecified atom stereocenters. The molecule has 0 spiro atoms. The zero-order valence-electron chi connectivity index (χ0n) is 11.5. The fourth-order valence-corrected chi connectivity index (χ4v) is 2.62. The van der Waals surface area contributed by atoms with E-state index in [9.17, 15) is 0 Å². The van der Waals surface area contributed by atoms with Crippen molar-refractivity contribution < 1.29 is 4.74 Å². The number of fused-ring (bicyclic) bond motifs is 2. The Bertz CT molecular complexity index is 781. The zero-order chi connectivity index (χ0) is 14.1. The number of ether oxygens (including phenoxy) is 1. The molecule has 1 aliphatic heterocycles. The first-order chi connectivity index (χ1) is 10.4. The second-order valence-corrected chi connectivity index (χ2v) is 5.22. The van der Waals surface area contributed by atoms with Gasteiger partial charge >= 0.3 is 0 Å². The molecule has 21 heavy (non-hydrogen) atoms. The van der Waals surface area contributed by atoms with Crippen LogP contribution in [0.25, 0.3) is 0 Å². The standard InChI is InChI=1S/C19H15NO/c1-2-6-14(7-3-1)12-15-10-11-17-19(13-15)21-18-9-5-4-8-16(18)20-17/h1-11,13,20H,12H2. The summed E-state index contributed by atoms with van der Waals surface area (Å²) in [6.45, 7) is 0. The summed E-state index contributed by atoms with van der Waals surface area (Å²) < 4.78 is 5.99. The van der Waals surface area contributed by atoms with Gasteiger partial charge in [0, 0.05) is 0 Å². The third kappa shape index (κ3) is 2.36. The Labute approximate surface area is 124 Å². The summed E-state index contributed by atoms with van der Waals surface area (Å²) in [6.07, 6.45) is 0.916. The molecule has 3 aromatic rings. The van der Waals surface area contributed by atoms with Gasteiger partial charge in [-0.3, -0.25) is 0 Å². The van der Waals surface area contributed by atoms with Gasteiger partial charge in [-0.05, 0) is 41.8 Å². The van der Waals surface area contributed by atoms with E-state index in [1.165, 1.54) is 11.1 Å². The van der Waals surface area contributed by atoms with Crippen molar-refractivity contribution in [2.75, 3.05) is 5.32 Å². The highest BCUT2D eigenvalue weighted by atomic mass is 16.5. The molecule has 0 aliphatic carbocycles. The highest BCUT2D eigenvalue weighted by molar-refractivity contribution is 5.75. The van der Waals surface area contributed by atoms with Gasteiger partial charge < -0.3 is 10.1 Å². The lowest BCUT2D eigenvalue weighted by Crippen LogP contribution is -2.03. The van der Waals surface area contributed by atoms with E-state index in [0.29, 0.717) is 0 Å². The van der Waals surface area contributed by atoms with Crippen LogP contribution in [-0.4, -0.2) is 0 Å². The van der Waals surface area contributed by atoms with Crippen LogP contribution in [0.2, 0.25) is 0 Å². The Morgan fingerprint density at radius 2 is 1.43 bits per heavy atom. The predicted molar refractivity (Wildman–Crippen MR) is 85.5 cm³/mol. The fraction of sp³-hybridized carbons (Fsp3) is 0.0526. The molecule has 1 aliphatic rings. The van der Waals surface area contributed by atoms with Gasteiger partial charge in [0.15, 0.2) is 11.5 Å². The summed E-state index contributed by atoms with van der Waals surface area (Å²) in [5.74, 6) is 1.77. The van der Waals surface area contributed by atoms with E-state index in [0.717, 1.165) is 29.3 Å². The first-order valence-corrected chi connectivity index (χ1v) is 7.09. The summed E-state index contributed by atoms with van der Waals surface area (Å²) in [6, 6.07) is 24.8. The van der Waals surface area contributed by atoms with E-state index >= 15 is 0 Å². The van der Waals surface area contributed by atoms with Crippen LogP contribution in [-0.2, 0) is 6.42 Å². The molecular formula is C19H15NO. The molecule has 0 atom stereocenters. The fourth-order valence-electron chi connectivity index (χ4n) is 2.62. The van der Waals surface area contributed by atoms with Crippen molar-refractivity contribution in [1.29, 1.82) is 0 Å². The minimum absolute atomic E-state index is 0.877. The molecule has 3 aromatic carbocycles. The second kappa shape index (κ2) is 4.98. The van der Waals surface area contributed by atoms with Gasteiger partial charge in [0.05, 0.1) is 11.4 Å². The Hall–Kier alpha value is -2.74. The lowest BCUT2D eigenvalue weighted by atomic mass is 10.0. The molecule has 0 aromatic heterocycles. The van der Waals surface area contributed by atoms with Crippen LogP contribution in [0.4, 0.5) is 11.4 Å². The van der Waals surface area contributed by atoms with Crippen molar-refractivity contribution in [2.45, 2.75) is 6.42 Å². The number of hydrogen-bond donors (Lipinski definition) is 1. The van der Waals surface area contributed by atoms with Gasteiger partial charge in [-0.25, -0.2) is 0 Å².